The summed E-state index contributed by atoms with van der Waals surface area (Å²) in [6, 6.07) is 3.89. The normalized spacial score (nSPS) is 14.7. The molecule has 0 radical (unpaired) electrons. The van der Waals surface area contributed by atoms with Crippen LogP contribution in [0.3, 0.4) is 0 Å². The molecule has 2 nitrogen and oxygen atoms in total. The molecule has 0 spiro atoms. The van der Waals surface area contributed by atoms with Crippen molar-refractivity contribution >= 4 is 11.5 Å². The van der Waals surface area contributed by atoms with Crippen molar-refractivity contribution in [2.45, 2.75) is 26.2 Å². The highest BCUT2D eigenvalue weighted by atomic mass is 16.1. The van der Waals surface area contributed by atoms with Crippen LogP contribution in [-0.2, 0) is 12.8 Å². The van der Waals surface area contributed by atoms with Gasteiger partial charge >= 0.3 is 0 Å². The van der Waals surface area contributed by atoms with E-state index < -0.39 is 0 Å². The summed E-state index contributed by atoms with van der Waals surface area (Å²) in [7, 11) is 0. The Morgan fingerprint density at radius 1 is 1.38 bits per heavy atom. The van der Waals surface area contributed by atoms with Crippen molar-refractivity contribution in [2.24, 2.45) is 0 Å². The molecule has 1 aromatic carbocycles. The summed E-state index contributed by atoms with van der Waals surface area (Å²) in [6.07, 6.45) is 2.40. The van der Waals surface area contributed by atoms with E-state index in [2.05, 4.69) is 0 Å². The lowest BCUT2D eigenvalue weighted by Gasteiger charge is -2.07. The maximum Gasteiger partial charge on any atom is 0.163 e. The topological polar surface area (TPSA) is 43.1 Å². The highest BCUT2D eigenvalue weighted by molar-refractivity contribution is 6.02. The third-order valence-electron chi connectivity index (χ3n) is 2.69. The molecular formula is C11H13NO. The second kappa shape index (κ2) is 2.87. The zero-order valence-corrected chi connectivity index (χ0v) is 7.76. The Morgan fingerprint density at radius 3 is 2.85 bits per heavy atom. The summed E-state index contributed by atoms with van der Waals surface area (Å²) in [4.78, 5) is 11.5. The molecule has 0 atom stereocenters. The van der Waals surface area contributed by atoms with E-state index in [0.717, 1.165) is 29.7 Å². The number of carbonyl (C=O) groups is 1. The maximum absolute atomic E-state index is 11.5. The lowest BCUT2D eigenvalue weighted by atomic mass is 9.99. The molecule has 0 amide bonds. The average Bonchev–Trinajstić information content (AvgIpc) is 2.49. The van der Waals surface area contributed by atoms with Gasteiger partial charge in [-0.25, -0.2) is 0 Å². The summed E-state index contributed by atoms with van der Waals surface area (Å²) in [6.45, 7) is 2.04. The van der Waals surface area contributed by atoms with Crippen molar-refractivity contribution in [3.05, 3.63) is 28.8 Å². The van der Waals surface area contributed by atoms with E-state index >= 15 is 0 Å². The van der Waals surface area contributed by atoms with Crippen molar-refractivity contribution in [2.75, 3.05) is 5.73 Å². The van der Waals surface area contributed by atoms with Crippen LogP contribution in [0.1, 0.15) is 34.8 Å². The molecule has 0 bridgehead atoms. The number of nitrogen functional groups attached to an aromatic ring is 1. The fourth-order valence-corrected chi connectivity index (χ4v) is 2.02. The zero-order chi connectivity index (χ0) is 9.42. The van der Waals surface area contributed by atoms with Crippen LogP contribution in [0.25, 0.3) is 0 Å². The van der Waals surface area contributed by atoms with Crippen LogP contribution in [0.4, 0.5) is 5.69 Å². The molecule has 1 aliphatic carbocycles. The highest BCUT2D eigenvalue weighted by Gasteiger charge is 2.22. The summed E-state index contributed by atoms with van der Waals surface area (Å²) >= 11 is 0. The van der Waals surface area contributed by atoms with Crippen LogP contribution < -0.4 is 5.73 Å². The van der Waals surface area contributed by atoms with E-state index in [1.54, 1.807) is 0 Å². The monoisotopic (exact) mass is 175 g/mol. The summed E-state index contributed by atoms with van der Waals surface area (Å²) < 4.78 is 0. The van der Waals surface area contributed by atoms with Gasteiger partial charge in [0.2, 0.25) is 0 Å². The third-order valence-corrected chi connectivity index (χ3v) is 2.69. The fraction of sp³-hybridized carbons (Fsp3) is 0.364. The summed E-state index contributed by atoms with van der Waals surface area (Å²) in [5.41, 5.74) is 9.70. The Morgan fingerprint density at radius 2 is 2.15 bits per heavy atom. The highest BCUT2D eigenvalue weighted by Crippen LogP contribution is 2.29. The van der Waals surface area contributed by atoms with Crippen molar-refractivity contribution < 1.29 is 4.79 Å². The summed E-state index contributed by atoms with van der Waals surface area (Å²) in [5.74, 6) is 0.263. The van der Waals surface area contributed by atoms with Crippen molar-refractivity contribution in [3.63, 3.8) is 0 Å². The van der Waals surface area contributed by atoms with Crippen LogP contribution in [0.2, 0.25) is 0 Å². The molecule has 2 heteroatoms. The van der Waals surface area contributed by atoms with Crippen molar-refractivity contribution in [3.8, 4) is 0 Å². The number of Topliss-reactive ketones (excluding diaryl/α,β-unsaturated/α-hetero) is 1. The van der Waals surface area contributed by atoms with Gasteiger partial charge in [-0.3, -0.25) is 4.79 Å². The number of ketones is 1. The van der Waals surface area contributed by atoms with Crippen LogP contribution in [-0.4, -0.2) is 5.78 Å². The van der Waals surface area contributed by atoms with Gasteiger partial charge in [-0.05, 0) is 30.0 Å². The number of benzene rings is 1. The SMILES string of the molecule is CCc1c(N)ccc2c1C(=O)CC2. The minimum absolute atomic E-state index is 0.263. The first kappa shape index (κ1) is 8.30. The maximum atomic E-state index is 11.5. The lowest BCUT2D eigenvalue weighted by Crippen LogP contribution is -2.02. The molecule has 68 valence electrons. The molecule has 0 aromatic heterocycles. The van der Waals surface area contributed by atoms with Gasteiger partial charge in [-0.15, -0.1) is 0 Å². The van der Waals surface area contributed by atoms with Crippen molar-refractivity contribution in [1.29, 1.82) is 0 Å². The predicted octanol–water partition coefficient (Wildman–Crippen LogP) is 1.96. The van der Waals surface area contributed by atoms with Gasteiger partial charge < -0.3 is 5.73 Å². The first-order valence-corrected chi connectivity index (χ1v) is 4.67. The molecule has 0 saturated heterocycles. The van der Waals surface area contributed by atoms with Gasteiger partial charge in [-0.2, -0.15) is 0 Å². The number of fused-ring (bicyclic) bond motifs is 1. The molecule has 0 fully saturated rings. The average molecular weight is 175 g/mol. The molecule has 0 saturated carbocycles. The predicted molar refractivity (Wildman–Crippen MR) is 52.9 cm³/mol. The fourth-order valence-electron chi connectivity index (χ4n) is 2.02. The van der Waals surface area contributed by atoms with Crippen molar-refractivity contribution in [1.82, 2.24) is 0 Å². The molecular weight excluding hydrogens is 162 g/mol. The van der Waals surface area contributed by atoms with Crippen LogP contribution >= 0.6 is 0 Å². The first-order chi connectivity index (χ1) is 6.24. The number of carbonyl (C=O) groups excluding carboxylic acids is 1. The molecule has 2 N–H and O–H groups in total. The largest absolute Gasteiger partial charge is 0.398 e. The number of anilines is 1. The second-order valence-electron chi connectivity index (χ2n) is 3.44. The second-order valence-corrected chi connectivity index (χ2v) is 3.44. The molecule has 13 heavy (non-hydrogen) atoms. The Labute approximate surface area is 77.8 Å². The van der Waals surface area contributed by atoms with E-state index in [-0.39, 0.29) is 5.78 Å². The molecule has 1 aromatic rings. The molecule has 0 unspecified atom stereocenters. The molecule has 1 aliphatic rings. The zero-order valence-electron chi connectivity index (χ0n) is 7.76. The minimum atomic E-state index is 0.263. The quantitative estimate of drug-likeness (QED) is 0.663. The number of rotatable bonds is 1. The van der Waals surface area contributed by atoms with Crippen LogP contribution in [0, 0.1) is 0 Å². The van der Waals surface area contributed by atoms with E-state index in [4.69, 9.17) is 5.73 Å². The Kier molecular flexibility index (Phi) is 1.83. The number of aryl methyl sites for hydroxylation is 1. The Hall–Kier alpha value is -1.31. The molecule has 0 heterocycles. The van der Waals surface area contributed by atoms with E-state index in [0.29, 0.717) is 6.42 Å². The van der Waals surface area contributed by atoms with Gasteiger partial charge in [0.1, 0.15) is 0 Å². The number of hydrogen-bond donors (Lipinski definition) is 1. The molecule has 0 aliphatic heterocycles. The Balaban J connectivity index is 2.67. The third kappa shape index (κ3) is 1.13. The van der Waals surface area contributed by atoms with Gasteiger partial charge in [0.25, 0.3) is 0 Å². The van der Waals surface area contributed by atoms with Gasteiger partial charge in [0.15, 0.2) is 5.78 Å². The van der Waals surface area contributed by atoms with Gasteiger partial charge in [-0.1, -0.05) is 13.0 Å². The van der Waals surface area contributed by atoms with Crippen LogP contribution in [0.5, 0.6) is 0 Å². The first-order valence-electron chi connectivity index (χ1n) is 4.67. The summed E-state index contributed by atoms with van der Waals surface area (Å²) in [5, 5.41) is 0. The number of hydrogen-bond acceptors (Lipinski definition) is 2. The van der Waals surface area contributed by atoms with Gasteiger partial charge in [0.05, 0.1) is 0 Å². The standard InChI is InChI=1S/C11H13NO/c1-2-8-9(12)5-3-7-4-6-10(13)11(7)8/h3,5H,2,4,6,12H2,1H3. The van der Waals surface area contributed by atoms with Gasteiger partial charge in [0, 0.05) is 17.7 Å². The minimum Gasteiger partial charge on any atom is -0.398 e. The van der Waals surface area contributed by atoms with E-state index in [1.807, 2.05) is 19.1 Å². The molecule has 2 rings (SSSR count). The van der Waals surface area contributed by atoms with E-state index in [1.165, 1.54) is 5.56 Å². The Bertz CT molecular complexity index is 369. The van der Waals surface area contributed by atoms with E-state index in [9.17, 15) is 4.79 Å². The van der Waals surface area contributed by atoms with Crippen LogP contribution in [0.15, 0.2) is 12.1 Å². The lowest BCUT2D eigenvalue weighted by molar-refractivity contribution is 0.0994. The smallest absolute Gasteiger partial charge is 0.163 e. The number of nitrogens with two attached hydrogens (primary N) is 1.